The zero-order valence-electron chi connectivity index (χ0n) is 12.1. The van der Waals surface area contributed by atoms with Gasteiger partial charge in [0.25, 0.3) is 5.91 Å². The summed E-state index contributed by atoms with van der Waals surface area (Å²) in [6, 6.07) is 10.2. The third-order valence-corrected chi connectivity index (χ3v) is 3.37. The van der Waals surface area contributed by atoms with E-state index in [1.165, 1.54) is 16.8 Å². The van der Waals surface area contributed by atoms with Gasteiger partial charge in [-0.2, -0.15) is 4.98 Å². The van der Waals surface area contributed by atoms with Crippen molar-refractivity contribution in [2.75, 3.05) is 11.9 Å². The van der Waals surface area contributed by atoms with E-state index in [4.69, 9.17) is 9.84 Å². The third kappa shape index (κ3) is 3.36. The number of rotatable bonds is 4. The van der Waals surface area contributed by atoms with Gasteiger partial charge in [0.2, 0.25) is 0 Å². The Morgan fingerprint density at radius 2 is 2.04 bits per heavy atom. The van der Waals surface area contributed by atoms with Gasteiger partial charge in [0.15, 0.2) is 6.23 Å². The largest absolute Gasteiger partial charge is 0.393 e. The van der Waals surface area contributed by atoms with Crippen LogP contribution in [0.25, 0.3) is 0 Å². The molecule has 0 saturated carbocycles. The van der Waals surface area contributed by atoms with E-state index in [-0.39, 0.29) is 18.3 Å². The molecule has 2 aromatic rings. The van der Waals surface area contributed by atoms with E-state index >= 15 is 0 Å². The van der Waals surface area contributed by atoms with Gasteiger partial charge in [0, 0.05) is 11.8 Å². The summed E-state index contributed by atoms with van der Waals surface area (Å²) in [7, 11) is 0. The zero-order valence-corrected chi connectivity index (χ0v) is 12.1. The third-order valence-electron chi connectivity index (χ3n) is 3.37. The molecule has 0 bridgehead atoms. The molecule has 1 amide bonds. The molecule has 7 heteroatoms. The van der Waals surface area contributed by atoms with E-state index in [2.05, 4.69) is 10.3 Å². The van der Waals surface area contributed by atoms with Crippen LogP contribution in [-0.4, -0.2) is 33.3 Å². The molecule has 0 saturated heterocycles. The Labute approximate surface area is 131 Å². The fraction of sp³-hybridized carbons (Fsp3) is 0.188. The van der Waals surface area contributed by atoms with E-state index < -0.39 is 18.0 Å². The summed E-state index contributed by atoms with van der Waals surface area (Å²) in [6.45, 7) is -0.152. The maximum Gasteiger partial charge on any atom is 0.351 e. The van der Waals surface area contributed by atoms with Crippen molar-refractivity contribution in [1.82, 2.24) is 9.55 Å². The van der Waals surface area contributed by atoms with Gasteiger partial charge >= 0.3 is 5.69 Å². The summed E-state index contributed by atoms with van der Waals surface area (Å²) >= 11 is 0. The molecular formula is C16H15N3O4. The van der Waals surface area contributed by atoms with Crippen molar-refractivity contribution in [2.24, 2.45) is 0 Å². The summed E-state index contributed by atoms with van der Waals surface area (Å²) in [6.07, 6.45) is 3.81. The van der Waals surface area contributed by atoms with Crippen molar-refractivity contribution in [2.45, 2.75) is 12.3 Å². The highest BCUT2D eigenvalue weighted by molar-refractivity contribution is 6.03. The lowest BCUT2D eigenvalue weighted by Gasteiger charge is -2.15. The van der Waals surface area contributed by atoms with Crippen LogP contribution < -0.4 is 11.0 Å². The van der Waals surface area contributed by atoms with Gasteiger partial charge in [0.05, 0.1) is 6.61 Å². The number of aromatic nitrogens is 2. The van der Waals surface area contributed by atoms with E-state index in [1.54, 1.807) is 36.4 Å². The second-order valence-electron chi connectivity index (χ2n) is 4.96. The highest BCUT2D eigenvalue weighted by atomic mass is 16.5. The Bertz CT molecular complexity index is 785. The summed E-state index contributed by atoms with van der Waals surface area (Å²) < 4.78 is 6.72. The molecule has 7 nitrogen and oxygen atoms in total. The number of hydrogen-bond donors (Lipinski definition) is 2. The molecule has 1 aliphatic heterocycles. The summed E-state index contributed by atoms with van der Waals surface area (Å²) in [5.74, 6) is -0.173. The molecule has 0 radical (unpaired) electrons. The second kappa shape index (κ2) is 6.55. The lowest BCUT2D eigenvalue weighted by molar-refractivity contribution is -0.0102. The standard InChI is InChI=1S/C16H15N3O4/c20-10-12-6-7-14(23-12)19-9-8-13(18-16(19)22)17-15(21)11-4-2-1-3-5-11/h1-9,12,14,20H,10H2,(H,17,18,21,22). The van der Waals surface area contributed by atoms with E-state index in [0.717, 1.165) is 0 Å². The molecule has 2 unspecified atom stereocenters. The van der Waals surface area contributed by atoms with Crippen LogP contribution in [0.1, 0.15) is 16.6 Å². The summed E-state index contributed by atoms with van der Waals surface area (Å²) in [4.78, 5) is 27.9. The molecule has 1 aromatic carbocycles. The number of ether oxygens (including phenoxy) is 1. The molecule has 0 spiro atoms. The van der Waals surface area contributed by atoms with Crippen molar-refractivity contribution >= 4 is 11.7 Å². The molecule has 2 atom stereocenters. The predicted molar refractivity (Wildman–Crippen MR) is 83.0 cm³/mol. The fourth-order valence-corrected chi connectivity index (χ4v) is 2.20. The minimum atomic E-state index is -0.606. The van der Waals surface area contributed by atoms with Crippen LogP contribution in [0.5, 0.6) is 0 Å². The number of carbonyl (C=O) groups is 1. The maximum absolute atomic E-state index is 12.1. The van der Waals surface area contributed by atoms with Crippen molar-refractivity contribution in [3.63, 3.8) is 0 Å². The Morgan fingerprint density at radius 1 is 1.26 bits per heavy atom. The number of anilines is 1. The van der Waals surface area contributed by atoms with Crippen molar-refractivity contribution < 1.29 is 14.6 Å². The van der Waals surface area contributed by atoms with E-state index in [9.17, 15) is 9.59 Å². The average molecular weight is 313 g/mol. The maximum atomic E-state index is 12.1. The minimum Gasteiger partial charge on any atom is -0.393 e. The number of aliphatic hydroxyl groups is 1. The predicted octanol–water partition coefficient (Wildman–Crippen LogP) is 0.941. The Morgan fingerprint density at radius 3 is 2.70 bits per heavy atom. The van der Waals surface area contributed by atoms with Crippen LogP contribution in [0.3, 0.4) is 0 Å². The minimum absolute atomic E-state index is 0.152. The first kappa shape index (κ1) is 15.1. The van der Waals surface area contributed by atoms with Crippen LogP contribution in [0.4, 0.5) is 5.82 Å². The molecule has 1 aromatic heterocycles. The number of benzene rings is 1. The van der Waals surface area contributed by atoms with Gasteiger partial charge in [-0.15, -0.1) is 0 Å². The molecule has 2 N–H and O–H groups in total. The van der Waals surface area contributed by atoms with Gasteiger partial charge in [-0.3, -0.25) is 9.36 Å². The van der Waals surface area contributed by atoms with Crippen molar-refractivity contribution in [3.05, 3.63) is 70.8 Å². The number of aliphatic hydroxyl groups excluding tert-OH is 1. The Kier molecular flexibility index (Phi) is 4.31. The smallest absolute Gasteiger partial charge is 0.351 e. The average Bonchev–Trinajstić information content (AvgIpc) is 3.04. The number of nitrogens with zero attached hydrogens (tertiary/aromatic N) is 2. The fourth-order valence-electron chi connectivity index (χ4n) is 2.20. The lowest BCUT2D eigenvalue weighted by Crippen LogP contribution is -2.28. The van der Waals surface area contributed by atoms with Gasteiger partial charge in [-0.25, -0.2) is 4.79 Å². The highest BCUT2D eigenvalue weighted by Gasteiger charge is 2.21. The van der Waals surface area contributed by atoms with Gasteiger partial charge in [-0.1, -0.05) is 24.3 Å². The number of hydrogen-bond acceptors (Lipinski definition) is 5. The summed E-state index contributed by atoms with van der Waals surface area (Å²) in [5.41, 5.74) is -0.0737. The molecule has 0 fully saturated rings. The second-order valence-corrected chi connectivity index (χ2v) is 4.96. The molecule has 23 heavy (non-hydrogen) atoms. The monoisotopic (exact) mass is 313 g/mol. The Hall–Kier alpha value is -2.77. The summed E-state index contributed by atoms with van der Waals surface area (Å²) in [5, 5.41) is 11.6. The topological polar surface area (TPSA) is 93.5 Å². The highest BCUT2D eigenvalue weighted by Crippen LogP contribution is 2.19. The molecular weight excluding hydrogens is 298 g/mol. The Balaban J connectivity index is 1.74. The van der Waals surface area contributed by atoms with Crippen LogP contribution >= 0.6 is 0 Å². The quantitative estimate of drug-likeness (QED) is 0.820. The first-order valence-corrected chi connectivity index (χ1v) is 7.07. The van der Waals surface area contributed by atoms with E-state index in [1.807, 2.05) is 6.07 Å². The number of amides is 1. The zero-order chi connectivity index (χ0) is 16.2. The normalized spacial score (nSPS) is 19.7. The van der Waals surface area contributed by atoms with Gasteiger partial charge in [0.1, 0.15) is 11.9 Å². The lowest BCUT2D eigenvalue weighted by atomic mass is 10.2. The SMILES string of the molecule is O=C(Nc1ccn(C2C=CC(CO)O2)c(=O)n1)c1ccccc1. The van der Waals surface area contributed by atoms with Crippen LogP contribution in [0, 0.1) is 0 Å². The first-order chi connectivity index (χ1) is 11.2. The first-order valence-electron chi connectivity index (χ1n) is 7.07. The van der Waals surface area contributed by atoms with Crippen molar-refractivity contribution in [3.8, 4) is 0 Å². The molecule has 0 aliphatic carbocycles. The van der Waals surface area contributed by atoms with Crippen LogP contribution in [0.2, 0.25) is 0 Å². The number of nitrogens with one attached hydrogen (secondary N) is 1. The van der Waals surface area contributed by atoms with Crippen LogP contribution in [0.15, 0.2) is 59.5 Å². The molecule has 118 valence electrons. The van der Waals surface area contributed by atoms with Crippen molar-refractivity contribution in [1.29, 1.82) is 0 Å². The van der Waals surface area contributed by atoms with Gasteiger partial charge < -0.3 is 15.2 Å². The van der Waals surface area contributed by atoms with Crippen LogP contribution in [-0.2, 0) is 4.74 Å². The molecule has 2 heterocycles. The van der Waals surface area contributed by atoms with E-state index in [0.29, 0.717) is 5.56 Å². The molecule has 3 rings (SSSR count). The molecule has 1 aliphatic rings. The number of carbonyl (C=O) groups excluding carboxylic acids is 1. The van der Waals surface area contributed by atoms with Gasteiger partial charge in [-0.05, 0) is 24.3 Å².